The van der Waals surface area contributed by atoms with Gasteiger partial charge in [0.2, 0.25) is 0 Å². The van der Waals surface area contributed by atoms with E-state index in [2.05, 4.69) is 42.3 Å². The molecule has 1 heterocycles. The first kappa shape index (κ1) is 16.0. The standard InChI is InChI=1S/C14H15Br2N3O2/c1-8(12-4-5-17-19(12)2)18-13-10(14(20)21-3)6-9(15)7-11(13)16/h4-8,18H,1-3H3. The predicted octanol–water partition coefficient (Wildman–Crippen LogP) is 3.90. The predicted molar refractivity (Wildman–Crippen MR) is 88.4 cm³/mol. The molecule has 0 saturated carbocycles. The van der Waals surface area contributed by atoms with Crippen molar-refractivity contribution < 1.29 is 9.53 Å². The number of benzene rings is 1. The highest BCUT2D eigenvalue weighted by Crippen LogP contribution is 2.33. The summed E-state index contributed by atoms with van der Waals surface area (Å²) in [6.07, 6.45) is 1.74. The number of nitrogens with one attached hydrogen (secondary N) is 1. The third kappa shape index (κ3) is 3.47. The number of ether oxygens (including phenoxy) is 1. The Kier molecular flexibility index (Phi) is 5.05. The molecule has 1 aromatic heterocycles. The summed E-state index contributed by atoms with van der Waals surface area (Å²) in [6, 6.07) is 5.53. The topological polar surface area (TPSA) is 56.1 Å². The fourth-order valence-corrected chi connectivity index (χ4v) is 3.43. The molecular weight excluding hydrogens is 402 g/mol. The molecule has 1 N–H and O–H groups in total. The van der Waals surface area contributed by atoms with E-state index in [1.807, 2.05) is 26.1 Å². The van der Waals surface area contributed by atoms with Crippen LogP contribution in [0.2, 0.25) is 0 Å². The second-order valence-corrected chi connectivity index (χ2v) is 6.32. The molecule has 0 radical (unpaired) electrons. The van der Waals surface area contributed by atoms with Crippen LogP contribution in [0.3, 0.4) is 0 Å². The lowest BCUT2D eigenvalue weighted by atomic mass is 10.1. The molecule has 0 spiro atoms. The summed E-state index contributed by atoms with van der Waals surface area (Å²) in [7, 11) is 3.25. The summed E-state index contributed by atoms with van der Waals surface area (Å²) in [4.78, 5) is 12.0. The summed E-state index contributed by atoms with van der Waals surface area (Å²) in [5.41, 5.74) is 2.17. The number of methoxy groups -OCH3 is 1. The monoisotopic (exact) mass is 415 g/mol. The summed E-state index contributed by atoms with van der Waals surface area (Å²) >= 11 is 6.86. The number of halogens is 2. The van der Waals surface area contributed by atoms with Gasteiger partial charge in [-0.3, -0.25) is 4.68 Å². The number of hydrogen-bond donors (Lipinski definition) is 1. The van der Waals surface area contributed by atoms with Gasteiger partial charge in [0, 0.05) is 22.2 Å². The maximum Gasteiger partial charge on any atom is 0.340 e. The summed E-state index contributed by atoms with van der Waals surface area (Å²) in [5, 5.41) is 7.49. The molecule has 0 aliphatic heterocycles. The number of hydrogen-bond acceptors (Lipinski definition) is 4. The molecule has 7 heteroatoms. The zero-order chi connectivity index (χ0) is 15.6. The highest BCUT2D eigenvalue weighted by atomic mass is 79.9. The van der Waals surface area contributed by atoms with Crippen molar-refractivity contribution in [1.82, 2.24) is 9.78 Å². The van der Waals surface area contributed by atoms with Crippen molar-refractivity contribution in [3.63, 3.8) is 0 Å². The lowest BCUT2D eigenvalue weighted by Crippen LogP contribution is -2.15. The van der Waals surface area contributed by atoms with E-state index < -0.39 is 5.97 Å². The quantitative estimate of drug-likeness (QED) is 0.767. The van der Waals surface area contributed by atoms with E-state index >= 15 is 0 Å². The van der Waals surface area contributed by atoms with Crippen molar-refractivity contribution in [2.45, 2.75) is 13.0 Å². The van der Waals surface area contributed by atoms with Crippen molar-refractivity contribution in [1.29, 1.82) is 0 Å². The molecule has 21 heavy (non-hydrogen) atoms. The first-order chi connectivity index (χ1) is 9.93. The van der Waals surface area contributed by atoms with Gasteiger partial charge in [-0.2, -0.15) is 5.10 Å². The third-order valence-corrected chi connectivity index (χ3v) is 4.21. The van der Waals surface area contributed by atoms with Crippen LogP contribution in [-0.4, -0.2) is 22.9 Å². The Morgan fingerprint density at radius 1 is 1.43 bits per heavy atom. The Morgan fingerprint density at radius 2 is 2.14 bits per heavy atom. The fourth-order valence-electron chi connectivity index (χ4n) is 2.09. The van der Waals surface area contributed by atoms with Gasteiger partial charge >= 0.3 is 5.97 Å². The highest BCUT2D eigenvalue weighted by molar-refractivity contribution is 9.11. The fraction of sp³-hybridized carbons (Fsp3) is 0.286. The molecule has 0 bridgehead atoms. The Hall–Kier alpha value is -1.34. The lowest BCUT2D eigenvalue weighted by Gasteiger charge is -2.19. The number of nitrogens with zero attached hydrogens (tertiary/aromatic N) is 2. The van der Waals surface area contributed by atoms with Crippen LogP contribution in [0, 0.1) is 0 Å². The van der Waals surface area contributed by atoms with Crippen LogP contribution in [-0.2, 0) is 11.8 Å². The number of anilines is 1. The SMILES string of the molecule is COC(=O)c1cc(Br)cc(Br)c1NC(C)c1ccnn1C. The van der Waals surface area contributed by atoms with E-state index in [9.17, 15) is 4.79 Å². The van der Waals surface area contributed by atoms with Crippen LogP contribution in [0.5, 0.6) is 0 Å². The molecule has 5 nitrogen and oxygen atoms in total. The van der Waals surface area contributed by atoms with Gasteiger partial charge in [0.25, 0.3) is 0 Å². The molecule has 2 aromatic rings. The van der Waals surface area contributed by atoms with E-state index in [4.69, 9.17) is 4.74 Å². The van der Waals surface area contributed by atoms with Crippen LogP contribution in [0.1, 0.15) is 29.0 Å². The van der Waals surface area contributed by atoms with Crippen LogP contribution in [0.25, 0.3) is 0 Å². The van der Waals surface area contributed by atoms with Crippen LogP contribution in [0.4, 0.5) is 5.69 Å². The molecule has 0 aliphatic carbocycles. The van der Waals surface area contributed by atoms with Gasteiger partial charge in [0.1, 0.15) is 0 Å². The minimum Gasteiger partial charge on any atom is -0.465 e. The highest BCUT2D eigenvalue weighted by Gasteiger charge is 2.19. The molecule has 0 fully saturated rings. The average Bonchev–Trinajstić information content (AvgIpc) is 2.86. The summed E-state index contributed by atoms with van der Waals surface area (Å²) in [6.45, 7) is 2.01. The van der Waals surface area contributed by atoms with Crippen molar-refractivity contribution >= 4 is 43.5 Å². The largest absolute Gasteiger partial charge is 0.465 e. The Morgan fingerprint density at radius 3 is 2.71 bits per heavy atom. The van der Waals surface area contributed by atoms with E-state index in [0.717, 1.165) is 14.6 Å². The van der Waals surface area contributed by atoms with E-state index in [0.29, 0.717) is 11.3 Å². The molecule has 1 atom stereocenters. The molecule has 112 valence electrons. The molecule has 1 unspecified atom stereocenters. The van der Waals surface area contributed by atoms with Gasteiger partial charge < -0.3 is 10.1 Å². The Balaban J connectivity index is 2.39. The molecule has 2 rings (SSSR count). The van der Waals surface area contributed by atoms with Crippen molar-refractivity contribution in [2.24, 2.45) is 7.05 Å². The molecule has 0 saturated heterocycles. The van der Waals surface area contributed by atoms with Gasteiger partial charge in [-0.25, -0.2) is 4.79 Å². The summed E-state index contributed by atoms with van der Waals surface area (Å²) in [5.74, 6) is -0.392. The Bertz CT molecular complexity index is 670. The number of esters is 1. The van der Waals surface area contributed by atoms with Crippen molar-refractivity contribution in [2.75, 3.05) is 12.4 Å². The van der Waals surface area contributed by atoms with E-state index in [1.165, 1.54) is 7.11 Å². The third-order valence-electron chi connectivity index (χ3n) is 3.12. The summed E-state index contributed by atoms with van der Waals surface area (Å²) < 4.78 is 8.22. The van der Waals surface area contributed by atoms with Gasteiger partial charge in [0.15, 0.2) is 0 Å². The maximum atomic E-state index is 12.0. The van der Waals surface area contributed by atoms with Gasteiger partial charge in [-0.15, -0.1) is 0 Å². The molecule has 0 amide bonds. The minimum absolute atomic E-state index is 0.0154. The molecule has 0 aliphatic rings. The first-order valence-corrected chi connectivity index (χ1v) is 7.84. The number of carbonyl (C=O) groups excluding carboxylic acids is 1. The van der Waals surface area contributed by atoms with Crippen molar-refractivity contribution in [3.05, 3.63) is 44.6 Å². The lowest BCUT2D eigenvalue weighted by molar-refractivity contribution is 0.0601. The number of aryl methyl sites for hydroxylation is 1. The van der Waals surface area contributed by atoms with Crippen molar-refractivity contribution in [3.8, 4) is 0 Å². The smallest absolute Gasteiger partial charge is 0.340 e. The zero-order valence-electron chi connectivity index (χ0n) is 11.9. The average molecular weight is 417 g/mol. The van der Waals surface area contributed by atoms with Gasteiger partial charge in [-0.05, 0) is 41.1 Å². The van der Waals surface area contributed by atoms with Crippen LogP contribution < -0.4 is 5.32 Å². The second-order valence-electron chi connectivity index (χ2n) is 4.55. The zero-order valence-corrected chi connectivity index (χ0v) is 15.0. The van der Waals surface area contributed by atoms with E-state index in [-0.39, 0.29) is 6.04 Å². The number of aromatic nitrogens is 2. The van der Waals surface area contributed by atoms with Crippen LogP contribution >= 0.6 is 31.9 Å². The number of carbonyl (C=O) groups is 1. The van der Waals surface area contributed by atoms with E-state index in [1.54, 1.807) is 16.9 Å². The first-order valence-electron chi connectivity index (χ1n) is 6.25. The minimum atomic E-state index is -0.392. The Labute approximate surface area is 139 Å². The van der Waals surface area contributed by atoms with Gasteiger partial charge in [-0.1, -0.05) is 15.9 Å². The van der Waals surface area contributed by atoms with Gasteiger partial charge in [0.05, 0.1) is 30.1 Å². The normalized spacial score (nSPS) is 12.0. The molecule has 1 aromatic carbocycles. The second kappa shape index (κ2) is 6.62. The van der Waals surface area contributed by atoms with Crippen LogP contribution in [0.15, 0.2) is 33.3 Å². The maximum absolute atomic E-state index is 12.0. The number of rotatable bonds is 4. The molecular formula is C14H15Br2N3O2.